The first-order chi connectivity index (χ1) is 18.8. The maximum atomic E-state index is 14.0. The standard InChI is InChI=1S/C31H40N3O4S/c1-31(26-10-5-3-6-11-26,33-18-7-4-8-19-33)30(35)38-29-24-34(21-16-25(29)17-22-34)20-9-23-39(36,37)28-14-12-27(32-2)13-15-28/h3,5-6,10-15,25,29H,4,7-9,16-24H2,1H3/q+1/t25?,29-,31-,34?/m0/s1. The zero-order chi connectivity index (χ0) is 27.5. The number of hydrogen-bond acceptors (Lipinski definition) is 5. The molecule has 4 aliphatic heterocycles. The van der Waals surface area contributed by atoms with E-state index in [4.69, 9.17) is 11.3 Å². The predicted molar refractivity (Wildman–Crippen MR) is 151 cm³/mol. The molecular formula is C31H40N3O4S+. The number of carbonyl (C=O) groups is 1. The molecule has 0 N–H and O–H groups in total. The summed E-state index contributed by atoms with van der Waals surface area (Å²) in [6.07, 6.45) is 5.83. The van der Waals surface area contributed by atoms with Crippen molar-refractivity contribution in [1.29, 1.82) is 0 Å². The van der Waals surface area contributed by atoms with E-state index >= 15 is 0 Å². The van der Waals surface area contributed by atoms with E-state index < -0.39 is 15.4 Å². The lowest BCUT2D eigenvalue weighted by Gasteiger charge is -2.52. The molecule has 4 heterocycles. The number of carbonyl (C=O) groups excluding carboxylic acids is 1. The van der Waals surface area contributed by atoms with Gasteiger partial charge in [0.25, 0.3) is 0 Å². The number of fused-ring (bicyclic) bond motifs is 3. The van der Waals surface area contributed by atoms with Gasteiger partial charge in [0, 0.05) is 25.2 Å². The fourth-order valence-electron chi connectivity index (χ4n) is 6.89. The van der Waals surface area contributed by atoms with Gasteiger partial charge in [0.05, 0.1) is 36.9 Å². The molecule has 4 saturated heterocycles. The zero-order valence-electron chi connectivity index (χ0n) is 22.9. The summed E-state index contributed by atoms with van der Waals surface area (Å²) < 4.78 is 33.1. The molecule has 7 nitrogen and oxygen atoms in total. The number of nitrogens with zero attached hydrogens (tertiary/aromatic N) is 3. The number of quaternary nitrogens is 1. The van der Waals surface area contributed by atoms with Crippen LogP contribution in [0.5, 0.6) is 0 Å². The minimum Gasteiger partial charge on any atom is -0.454 e. The van der Waals surface area contributed by atoms with Gasteiger partial charge in [-0.05, 0) is 38.4 Å². The van der Waals surface area contributed by atoms with Crippen LogP contribution in [0, 0.1) is 12.5 Å². The van der Waals surface area contributed by atoms with Gasteiger partial charge < -0.3 is 9.22 Å². The summed E-state index contributed by atoms with van der Waals surface area (Å²) in [6.45, 7) is 14.4. The second kappa shape index (κ2) is 11.4. The van der Waals surface area contributed by atoms with Gasteiger partial charge in [-0.25, -0.2) is 18.1 Å². The van der Waals surface area contributed by atoms with E-state index in [9.17, 15) is 13.2 Å². The first-order valence-corrected chi connectivity index (χ1v) is 16.0. The lowest BCUT2D eigenvalue weighted by molar-refractivity contribution is -0.946. The molecule has 39 heavy (non-hydrogen) atoms. The topological polar surface area (TPSA) is 68.0 Å². The Morgan fingerprint density at radius 1 is 1.05 bits per heavy atom. The summed E-state index contributed by atoms with van der Waals surface area (Å²) in [7, 11) is -3.41. The van der Waals surface area contributed by atoms with Crippen LogP contribution in [-0.2, 0) is 24.9 Å². The molecule has 0 aliphatic carbocycles. The van der Waals surface area contributed by atoms with Gasteiger partial charge in [-0.3, -0.25) is 4.90 Å². The number of benzene rings is 2. The maximum Gasteiger partial charge on any atom is 0.331 e. The van der Waals surface area contributed by atoms with Crippen molar-refractivity contribution >= 4 is 21.5 Å². The summed E-state index contributed by atoms with van der Waals surface area (Å²) in [4.78, 5) is 19.9. The SMILES string of the molecule is [C-]#[N+]c1ccc(S(=O)(=O)CCC[N+]23CCC(CC2)[C@@H](OC(=O)[C@](C)(c2ccccc2)N2CCCCC2)C3)cc1. The zero-order valence-corrected chi connectivity index (χ0v) is 23.7. The van der Waals surface area contributed by atoms with Gasteiger partial charge in [0.1, 0.15) is 12.1 Å². The summed E-state index contributed by atoms with van der Waals surface area (Å²) in [5, 5.41) is 0. The highest BCUT2D eigenvalue weighted by atomic mass is 32.2. The Hall–Kier alpha value is -2.73. The lowest BCUT2D eigenvalue weighted by Crippen LogP contribution is -2.65. The van der Waals surface area contributed by atoms with Crippen LogP contribution in [0.1, 0.15) is 51.0 Å². The molecule has 0 unspecified atom stereocenters. The van der Waals surface area contributed by atoms with Crippen molar-refractivity contribution in [2.24, 2.45) is 5.92 Å². The first kappa shape index (κ1) is 27.8. The Bertz CT molecular complexity index is 1290. The van der Waals surface area contributed by atoms with Crippen molar-refractivity contribution in [2.75, 3.05) is 45.0 Å². The normalized spacial score (nSPS) is 26.9. The minimum atomic E-state index is -3.41. The van der Waals surface area contributed by atoms with Crippen molar-refractivity contribution in [1.82, 2.24) is 4.90 Å². The Morgan fingerprint density at radius 3 is 2.36 bits per heavy atom. The summed E-state index contributed by atoms with van der Waals surface area (Å²) in [5.41, 5.74) is 0.611. The average Bonchev–Trinajstić information content (AvgIpc) is 2.98. The third-order valence-corrected chi connectivity index (χ3v) is 11.2. The quantitative estimate of drug-likeness (QED) is 0.251. The van der Waals surface area contributed by atoms with Crippen molar-refractivity contribution < 1.29 is 22.4 Å². The fraction of sp³-hybridized carbons (Fsp3) is 0.548. The van der Waals surface area contributed by atoms with Gasteiger partial charge in [-0.2, -0.15) is 0 Å². The number of rotatable bonds is 9. The molecule has 208 valence electrons. The Labute approximate surface area is 233 Å². The molecule has 0 amide bonds. The third-order valence-electron chi connectivity index (χ3n) is 9.39. The third kappa shape index (κ3) is 5.77. The summed E-state index contributed by atoms with van der Waals surface area (Å²) in [6, 6.07) is 16.2. The number of sulfone groups is 1. The van der Waals surface area contributed by atoms with Crippen LogP contribution in [0.4, 0.5) is 5.69 Å². The number of piperidine rings is 4. The van der Waals surface area contributed by atoms with Crippen LogP contribution in [0.3, 0.4) is 0 Å². The van der Waals surface area contributed by atoms with Crippen molar-refractivity contribution in [3.05, 3.63) is 71.6 Å². The fourth-order valence-corrected chi connectivity index (χ4v) is 8.19. The first-order valence-electron chi connectivity index (χ1n) is 14.3. The van der Waals surface area contributed by atoms with E-state index in [0.29, 0.717) is 18.0 Å². The van der Waals surface area contributed by atoms with E-state index in [0.717, 1.165) is 75.0 Å². The molecule has 2 aromatic carbocycles. The molecule has 0 spiro atoms. The Morgan fingerprint density at radius 2 is 1.72 bits per heavy atom. The Balaban J connectivity index is 1.25. The van der Waals surface area contributed by atoms with Gasteiger partial charge in [-0.1, -0.05) is 61.0 Å². The number of esters is 1. The summed E-state index contributed by atoms with van der Waals surface area (Å²) in [5.74, 6) is 0.303. The molecule has 2 bridgehead atoms. The van der Waals surface area contributed by atoms with Crippen molar-refractivity contribution in [3.8, 4) is 0 Å². The van der Waals surface area contributed by atoms with Crippen LogP contribution in [0.25, 0.3) is 4.85 Å². The smallest absolute Gasteiger partial charge is 0.331 e. The number of ether oxygens (including phenoxy) is 1. The molecule has 2 aromatic rings. The molecular weight excluding hydrogens is 510 g/mol. The van der Waals surface area contributed by atoms with E-state index in [-0.39, 0.29) is 22.7 Å². The van der Waals surface area contributed by atoms with E-state index in [1.54, 1.807) is 12.1 Å². The highest BCUT2D eigenvalue weighted by molar-refractivity contribution is 7.91. The highest BCUT2D eigenvalue weighted by Gasteiger charge is 2.50. The monoisotopic (exact) mass is 550 g/mol. The van der Waals surface area contributed by atoms with Crippen LogP contribution in [0.15, 0.2) is 59.5 Å². The van der Waals surface area contributed by atoms with Gasteiger partial charge in [0.2, 0.25) is 0 Å². The van der Waals surface area contributed by atoms with Crippen molar-refractivity contribution in [3.63, 3.8) is 0 Å². The molecule has 2 atom stereocenters. The Kier molecular flexibility index (Phi) is 8.14. The highest BCUT2D eigenvalue weighted by Crippen LogP contribution is 2.39. The molecule has 4 fully saturated rings. The minimum absolute atomic E-state index is 0.0826. The predicted octanol–water partition coefficient (Wildman–Crippen LogP) is 4.95. The molecule has 4 aliphatic rings. The second-order valence-corrected chi connectivity index (χ2v) is 13.8. The molecule has 8 heteroatoms. The maximum absolute atomic E-state index is 14.0. The number of hydrogen-bond donors (Lipinski definition) is 0. The molecule has 6 rings (SSSR count). The van der Waals surface area contributed by atoms with Crippen LogP contribution in [0.2, 0.25) is 0 Å². The lowest BCUT2D eigenvalue weighted by atomic mass is 9.82. The van der Waals surface area contributed by atoms with E-state index in [1.165, 1.54) is 18.6 Å². The van der Waals surface area contributed by atoms with E-state index in [2.05, 4.69) is 9.74 Å². The van der Waals surface area contributed by atoms with Crippen LogP contribution in [-0.4, -0.2) is 74.9 Å². The molecule has 0 saturated carbocycles. The van der Waals surface area contributed by atoms with Gasteiger partial charge in [-0.15, -0.1) is 0 Å². The second-order valence-electron chi connectivity index (χ2n) is 11.7. The van der Waals surface area contributed by atoms with E-state index in [1.807, 2.05) is 37.3 Å². The van der Waals surface area contributed by atoms with Crippen molar-refractivity contribution in [2.45, 2.75) is 62.0 Å². The summed E-state index contributed by atoms with van der Waals surface area (Å²) >= 11 is 0. The molecule has 0 radical (unpaired) electrons. The molecule has 0 aromatic heterocycles. The van der Waals surface area contributed by atoms with Gasteiger partial charge in [0.15, 0.2) is 21.6 Å². The largest absolute Gasteiger partial charge is 0.454 e. The number of likely N-dealkylation sites (tertiary alicyclic amines) is 1. The van der Waals surface area contributed by atoms with Gasteiger partial charge >= 0.3 is 5.97 Å². The van der Waals surface area contributed by atoms with Crippen LogP contribution < -0.4 is 0 Å². The van der Waals surface area contributed by atoms with Crippen LogP contribution >= 0.6 is 0 Å². The average molecular weight is 551 g/mol.